The highest BCUT2D eigenvalue weighted by Gasteiger charge is 2.43. The quantitative estimate of drug-likeness (QED) is 0.795. The third-order valence-corrected chi connectivity index (χ3v) is 2.79. The molecule has 0 atom stereocenters. The Hall–Kier alpha value is -1.68. The van der Waals surface area contributed by atoms with E-state index < -0.39 is 5.60 Å². The predicted molar refractivity (Wildman–Crippen MR) is 54.5 cm³/mol. The second-order valence-electron chi connectivity index (χ2n) is 3.89. The van der Waals surface area contributed by atoms with Crippen LogP contribution in [0.2, 0.25) is 0 Å². The maximum absolute atomic E-state index is 10.1. The number of aromatic nitrogens is 3. The van der Waals surface area contributed by atoms with E-state index >= 15 is 0 Å². The lowest BCUT2D eigenvalue weighted by molar-refractivity contribution is 0.151. The van der Waals surface area contributed by atoms with Gasteiger partial charge in [-0.1, -0.05) is 18.2 Å². The van der Waals surface area contributed by atoms with Crippen molar-refractivity contribution in [3.63, 3.8) is 0 Å². The van der Waals surface area contributed by atoms with Gasteiger partial charge in [-0.15, -0.1) is 0 Å². The van der Waals surface area contributed by atoms with Gasteiger partial charge in [0, 0.05) is 5.56 Å². The summed E-state index contributed by atoms with van der Waals surface area (Å²) in [5.41, 5.74) is 1.22. The van der Waals surface area contributed by atoms with Crippen LogP contribution in [0.5, 0.6) is 0 Å². The number of aliphatic hydroxyl groups is 1. The van der Waals surface area contributed by atoms with Gasteiger partial charge in [-0.3, -0.25) is 0 Å². The van der Waals surface area contributed by atoms with E-state index in [0.29, 0.717) is 0 Å². The molecular formula is C11H11N3O. The molecule has 76 valence electrons. The van der Waals surface area contributed by atoms with E-state index in [9.17, 15) is 5.11 Å². The molecule has 4 nitrogen and oxygen atoms in total. The summed E-state index contributed by atoms with van der Waals surface area (Å²) in [5.74, 6) is 0. The van der Waals surface area contributed by atoms with Crippen LogP contribution in [0, 0.1) is 0 Å². The van der Waals surface area contributed by atoms with Crippen molar-refractivity contribution in [1.29, 1.82) is 0 Å². The van der Waals surface area contributed by atoms with Crippen LogP contribution in [0.25, 0.3) is 5.69 Å². The zero-order valence-corrected chi connectivity index (χ0v) is 8.17. The zero-order valence-electron chi connectivity index (χ0n) is 8.17. The molecule has 0 aliphatic heterocycles. The molecule has 1 aromatic carbocycles. The molecule has 0 bridgehead atoms. The van der Waals surface area contributed by atoms with Crippen LogP contribution in [-0.2, 0) is 5.60 Å². The molecule has 1 N–H and O–H groups in total. The summed E-state index contributed by atoms with van der Waals surface area (Å²) in [5, 5.41) is 14.2. The summed E-state index contributed by atoms with van der Waals surface area (Å²) in [7, 11) is 0. The van der Waals surface area contributed by atoms with E-state index in [1.807, 2.05) is 24.3 Å². The fourth-order valence-corrected chi connectivity index (χ4v) is 1.79. The standard InChI is InChI=1S/C11H11N3O/c15-11(5-6-11)9-3-1-2-4-10(9)14-8-12-7-13-14/h1-4,7-8,15H,5-6H2. The highest BCUT2D eigenvalue weighted by Crippen LogP contribution is 2.47. The molecule has 1 aliphatic rings. The number of nitrogens with zero attached hydrogens (tertiary/aromatic N) is 3. The molecule has 0 amide bonds. The number of hydrogen-bond acceptors (Lipinski definition) is 3. The lowest BCUT2D eigenvalue weighted by Gasteiger charge is -2.13. The second kappa shape index (κ2) is 2.90. The predicted octanol–water partition coefficient (Wildman–Crippen LogP) is 1.25. The average molecular weight is 201 g/mol. The van der Waals surface area contributed by atoms with Gasteiger partial charge in [0.15, 0.2) is 0 Å². The fraction of sp³-hybridized carbons (Fsp3) is 0.273. The van der Waals surface area contributed by atoms with Crippen LogP contribution in [0.3, 0.4) is 0 Å². The largest absolute Gasteiger partial charge is 0.385 e. The van der Waals surface area contributed by atoms with Crippen molar-refractivity contribution in [3.8, 4) is 5.69 Å². The Morgan fingerprint density at radius 1 is 1.27 bits per heavy atom. The number of hydrogen-bond donors (Lipinski definition) is 1. The van der Waals surface area contributed by atoms with Gasteiger partial charge in [0.1, 0.15) is 12.7 Å². The molecule has 15 heavy (non-hydrogen) atoms. The van der Waals surface area contributed by atoms with Crippen LogP contribution < -0.4 is 0 Å². The van der Waals surface area contributed by atoms with Gasteiger partial charge in [0.05, 0.1) is 11.3 Å². The van der Waals surface area contributed by atoms with Gasteiger partial charge in [0.2, 0.25) is 0 Å². The van der Waals surface area contributed by atoms with Gasteiger partial charge >= 0.3 is 0 Å². The monoisotopic (exact) mass is 201 g/mol. The molecule has 0 spiro atoms. The highest BCUT2D eigenvalue weighted by molar-refractivity contribution is 5.45. The summed E-state index contributed by atoms with van der Waals surface area (Å²) in [4.78, 5) is 3.91. The highest BCUT2D eigenvalue weighted by atomic mass is 16.3. The van der Waals surface area contributed by atoms with Crippen molar-refractivity contribution in [3.05, 3.63) is 42.5 Å². The van der Waals surface area contributed by atoms with Crippen LogP contribution in [0.15, 0.2) is 36.9 Å². The van der Waals surface area contributed by atoms with Crippen LogP contribution in [0.4, 0.5) is 0 Å². The SMILES string of the molecule is OC1(c2ccccc2-n2cncn2)CC1. The van der Waals surface area contributed by atoms with E-state index in [4.69, 9.17) is 0 Å². The van der Waals surface area contributed by atoms with E-state index in [1.165, 1.54) is 6.33 Å². The van der Waals surface area contributed by atoms with Crippen molar-refractivity contribution in [2.24, 2.45) is 0 Å². The first kappa shape index (κ1) is 8.61. The first-order valence-corrected chi connectivity index (χ1v) is 4.96. The molecule has 1 fully saturated rings. The maximum Gasteiger partial charge on any atom is 0.138 e. The lowest BCUT2D eigenvalue weighted by Crippen LogP contribution is -2.10. The van der Waals surface area contributed by atoms with Gasteiger partial charge < -0.3 is 5.11 Å². The summed E-state index contributed by atoms with van der Waals surface area (Å²) in [6, 6.07) is 7.77. The third kappa shape index (κ3) is 1.34. The van der Waals surface area contributed by atoms with Crippen molar-refractivity contribution >= 4 is 0 Å². The van der Waals surface area contributed by atoms with Crippen molar-refractivity contribution in [2.75, 3.05) is 0 Å². The summed E-state index contributed by atoms with van der Waals surface area (Å²) < 4.78 is 1.69. The second-order valence-corrected chi connectivity index (χ2v) is 3.89. The fourth-order valence-electron chi connectivity index (χ4n) is 1.79. The number of para-hydroxylation sites is 1. The summed E-state index contributed by atoms with van der Waals surface area (Å²) in [6.45, 7) is 0. The summed E-state index contributed by atoms with van der Waals surface area (Å²) in [6.07, 6.45) is 4.80. The molecule has 0 saturated heterocycles. The third-order valence-electron chi connectivity index (χ3n) is 2.79. The Balaban J connectivity index is 2.15. The normalized spacial score (nSPS) is 17.7. The minimum atomic E-state index is -0.636. The van der Waals surface area contributed by atoms with E-state index in [-0.39, 0.29) is 0 Å². The number of rotatable bonds is 2. The van der Waals surface area contributed by atoms with Gasteiger partial charge in [-0.05, 0) is 18.9 Å². The van der Waals surface area contributed by atoms with Gasteiger partial charge in [-0.2, -0.15) is 5.10 Å². The molecular weight excluding hydrogens is 190 g/mol. The Kier molecular flexibility index (Phi) is 1.67. The molecule has 4 heteroatoms. The van der Waals surface area contributed by atoms with E-state index in [1.54, 1.807) is 11.0 Å². The van der Waals surface area contributed by atoms with E-state index in [0.717, 1.165) is 24.1 Å². The average Bonchev–Trinajstić information content (AvgIpc) is 2.84. The van der Waals surface area contributed by atoms with E-state index in [2.05, 4.69) is 10.1 Å². The maximum atomic E-state index is 10.1. The van der Waals surface area contributed by atoms with Crippen LogP contribution >= 0.6 is 0 Å². The first-order chi connectivity index (χ1) is 7.30. The Morgan fingerprint density at radius 2 is 2.07 bits per heavy atom. The zero-order chi connectivity index (χ0) is 10.3. The van der Waals surface area contributed by atoms with Crippen LogP contribution in [-0.4, -0.2) is 19.9 Å². The molecule has 1 aromatic heterocycles. The van der Waals surface area contributed by atoms with Gasteiger partial charge in [0.25, 0.3) is 0 Å². The Labute approximate surface area is 87.2 Å². The smallest absolute Gasteiger partial charge is 0.138 e. The molecule has 3 rings (SSSR count). The molecule has 2 aromatic rings. The summed E-state index contributed by atoms with van der Waals surface area (Å²) >= 11 is 0. The molecule has 0 unspecified atom stereocenters. The van der Waals surface area contributed by atoms with Crippen molar-refractivity contribution in [2.45, 2.75) is 18.4 Å². The van der Waals surface area contributed by atoms with Gasteiger partial charge in [-0.25, -0.2) is 9.67 Å². The minimum Gasteiger partial charge on any atom is -0.385 e. The first-order valence-electron chi connectivity index (χ1n) is 4.96. The molecule has 1 heterocycles. The van der Waals surface area contributed by atoms with Crippen LogP contribution in [0.1, 0.15) is 18.4 Å². The van der Waals surface area contributed by atoms with Crippen molar-refractivity contribution in [1.82, 2.24) is 14.8 Å². The minimum absolute atomic E-state index is 0.636. The van der Waals surface area contributed by atoms with Crippen molar-refractivity contribution < 1.29 is 5.11 Å². The number of benzene rings is 1. The molecule has 1 aliphatic carbocycles. The lowest BCUT2D eigenvalue weighted by atomic mass is 10.1. The Bertz CT molecular complexity index is 474. The Morgan fingerprint density at radius 3 is 2.73 bits per heavy atom. The molecule has 0 radical (unpaired) electrons. The topological polar surface area (TPSA) is 50.9 Å². The molecule has 1 saturated carbocycles.